The van der Waals surface area contributed by atoms with E-state index >= 15 is 0 Å². The zero-order valence-corrected chi connectivity index (χ0v) is 19.3. The number of aliphatic hydroxyl groups is 1. The second-order valence-electron chi connectivity index (χ2n) is 9.09. The van der Waals surface area contributed by atoms with Crippen molar-refractivity contribution in [1.29, 1.82) is 0 Å². The maximum atomic E-state index is 13.5. The molecule has 0 amide bonds. The van der Waals surface area contributed by atoms with Crippen molar-refractivity contribution >= 4 is 0 Å². The molecular weight excluding hydrogens is 431 g/mol. The van der Waals surface area contributed by atoms with Gasteiger partial charge in [0.15, 0.2) is 0 Å². The molecule has 1 saturated carbocycles. The summed E-state index contributed by atoms with van der Waals surface area (Å²) in [6.45, 7) is 3.70. The fraction of sp³-hybridized carbons (Fsp3) is 0.296. The normalized spacial score (nSPS) is 14.4. The predicted molar refractivity (Wildman–Crippen MR) is 128 cm³/mol. The third-order valence-electron chi connectivity index (χ3n) is 6.39. The summed E-state index contributed by atoms with van der Waals surface area (Å²) in [5.41, 5.74) is 6.04. The fourth-order valence-electron chi connectivity index (χ4n) is 4.40. The quantitative estimate of drug-likeness (QED) is 0.450. The number of aryl methyl sites for hydroxylation is 2. The van der Waals surface area contributed by atoms with Crippen LogP contribution in [0.1, 0.15) is 58.4 Å². The summed E-state index contributed by atoms with van der Waals surface area (Å²) in [5, 5.41) is 14.7. The number of halogens is 1. The van der Waals surface area contributed by atoms with E-state index in [4.69, 9.17) is 0 Å². The Labute approximate surface area is 197 Å². The zero-order valence-electron chi connectivity index (χ0n) is 19.3. The van der Waals surface area contributed by atoms with Gasteiger partial charge in [0.05, 0.1) is 24.3 Å². The Morgan fingerprint density at radius 3 is 2.50 bits per heavy atom. The summed E-state index contributed by atoms with van der Waals surface area (Å²) in [4.78, 5) is 17.8. The molecule has 0 aliphatic heterocycles. The van der Waals surface area contributed by atoms with Crippen LogP contribution in [0.25, 0.3) is 5.69 Å². The Balaban J connectivity index is 1.52. The van der Waals surface area contributed by atoms with Gasteiger partial charge in [0.2, 0.25) is 0 Å². The van der Waals surface area contributed by atoms with Gasteiger partial charge in [-0.15, -0.1) is 0 Å². The molecule has 34 heavy (non-hydrogen) atoms. The van der Waals surface area contributed by atoms with Crippen LogP contribution in [0.2, 0.25) is 0 Å². The lowest BCUT2D eigenvalue weighted by Gasteiger charge is -2.19. The third-order valence-corrected chi connectivity index (χ3v) is 6.39. The van der Waals surface area contributed by atoms with Gasteiger partial charge >= 0.3 is 0 Å². The lowest BCUT2D eigenvalue weighted by Crippen LogP contribution is -2.33. The molecule has 0 spiro atoms. The van der Waals surface area contributed by atoms with Crippen molar-refractivity contribution in [1.82, 2.24) is 19.3 Å². The minimum absolute atomic E-state index is 0.236. The molecule has 7 heteroatoms. The van der Waals surface area contributed by atoms with Gasteiger partial charge < -0.3 is 9.67 Å². The van der Waals surface area contributed by atoms with E-state index in [1.807, 2.05) is 42.8 Å². The van der Waals surface area contributed by atoms with Crippen molar-refractivity contribution in [3.05, 3.63) is 111 Å². The number of aliphatic hydroxyl groups excluding tert-OH is 1. The Hall–Kier alpha value is -3.58. The molecule has 2 heterocycles. The Morgan fingerprint density at radius 2 is 1.88 bits per heavy atom. The summed E-state index contributed by atoms with van der Waals surface area (Å²) >= 11 is 0. The molecule has 1 N–H and O–H groups in total. The maximum absolute atomic E-state index is 13.5. The van der Waals surface area contributed by atoms with E-state index in [1.54, 1.807) is 18.5 Å². The van der Waals surface area contributed by atoms with Crippen LogP contribution >= 0.6 is 0 Å². The Kier molecular flexibility index (Phi) is 5.87. The minimum atomic E-state index is -0.667. The molecule has 0 saturated heterocycles. The second kappa shape index (κ2) is 8.99. The lowest BCUT2D eigenvalue weighted by atomic mass is 10.0. The molecule has 1 aliphatic carbocycles. The Bertz CT molecular complexity index is 1390. The first-order valence-corrected chi connectivity index (χ1v) is 11.5. The van der Waals surface area contributed by atoms with Crippen LogP contribution in [0, 0.1) is 19.7 Å². The molecule has 5 rings (SSSR count). The minimum Gasteiger partial charge on any atom is -0.394 e. The standard InChI is InChI=1S/C27H27FN4O2/c1-17-11-19(3-10-25(17)31-14-18(2)29-16-31)12-22-13-24(20-4-5-20)30-32(27(22)34)26(15-33)21-6-8-23(28)9-7-21/h3,6-11,13-14,16,20,26,33H,4-5,12,15H2,1-2H3/t26-/m0/s1. The first-order chi connectivity index (χ1) is 16.4. The fourth-order valence-corrected chi connectivity index (χ4v) is 4.40. The molecule has 2 aromatic heterocycles. The molecule has 6 nitrogen and oxygen atoms in total. The molecular formula is C27H27FN4O2. The van der Waals surface area contributed by atoms with Crippen molar-refractivity contribution < 1.29 is 9.50 Å². The van der Waals surface area contributed by atoms with Gasteiger partial charge in [-0.3, -0.25) is 4.79 Å². The molecule has 2 aromatic carbocycles. The van der Waals surface area contributed by atoms with Crippen molar-refractivity contribution in [3.63, 3.8) is 0 Å². The van der Waals surface area contributed by atoms with E-state index in [2.05, 4.69) is 16.1 Å². The number of rotatable bonds is 7. The maximum Gasteiger partial charge on any atom is 0.270 e. The van der Waals surface area contributed by atoms with Gasteiger partial charge in [-0.1, -0.05) is 24.3 Å². The summed E-state index contributed by atoms with van der Waals surface area (Å²) in [5.74, 6) is -0.0235. The van der Waals surface area contributed by atoms with Crippen molar-refractivity contribution in [2.75, 3.05) is 6.61 Å². The highest BCUT2D eigenvalue weighted by molar-refractivity contribution is 5.44. The summed E-state index contributed by atoms with van der Waals surface area (Å²) in [7, 11) is 0. The second-order valence-corrected chi connectivity index (χ2v) is 9.09. The summed E-state index contributed by atoms with van der Waals surface area (Å²) in [6, 6.07) is 13.3. The first kappa shape index (κ1) is 22.2. The molecule has 1 atom stereocenters. The van der Waals surface area contributed by atoms with Crippen molar-refractivity contribution in [3.8, 4) is 5.69 Å². The average Bonchev–Trinajstić information content (AvgIpc) is 3.58. The molecule has 0 unspecified atom stereocenters. The molecule has 0 radical (unpaired) electrons. The molecule has 0 bridgehead atoms. The highest BCUT2D eigenvalue weighted by Gasteiger charge is 2.28. The number of hydrogen-bond acceptors (Lipinski definition) is 4. The molecule has 174 valence electrons. The smallest absolute Gasteiger partial charge is 0.270 e. The van der Waals surface area contributed by atoms with Crippen LogP contribution in [0.15, 0.2) is 65.8 Å². The lowest BCUT2D eigenvalue weighted by molar-refractivity contribution is 0.235. The summed E-state index contributed by atoms with van der Waals surface area (Å²) < 4.78 is 16.8. The van der Waals surface area contributed by atoms with Crippen LogP contribution in [0.4, 0.5) is 4.39 Å². The van der Waals surface area contributed by atoms with Gasteiger partial charge in [-0.05, 0) is 67.6 Å². The van der Waals surface area contributed by atoms with Crippen LogP contribution in [0.3, 0.4) is 0 Å². The number of aromatic nitrogens is 4. The van der Waals surface area contributed by atoms with E-state index < -0.39 is 6.04 Å². The number of hydrogen-bond donors (Lipinski definition) is 1. The zero-order chi connectivity index (χ0) is 23.8. The van der Waals surface area contributed by atoms with E-state index in [0.29, 0.717) is 23.5 Å². The highest BCUT2D eigenvalue weighted by atomic mass is 19.1. The van der Waals surface area contributed by atoms with Crippen molar-refractivity contribution in [2.45, 2.75) is 45.1 Å². The van der Waals surface area contributed by atoms with Crippen LogP contribution in [-0.2, 0) is 6.42 Å². The molecule has 1 fully saturated rings. The highest BCUT2D eigenvalue weighted by Crippen LogP contribution is 2.39. The first-order valence-electron chi connectivity index (χ1n) is 11.5. The van der Waals surface area contributed by atoms with Gasteiger partial charge in [0.25, 0.3) is 5.56 Å². The van der Waals surface area contributed by atoms with E-state index in [1.165, 1.54) is 16.8 Å². The van der Waals surface area contributed by atoms with E-state index in [-0.39, 0.29) is 18.0 Å². The van der Waals surface area contributed by atoms with Crippen molar-refractivity contribution in [2.24, 2.45) is 0 Å². The molecule has 1 aliphatic rings. The van der Waals surface area contributed by atoms with Gasteiger partial charge in [0, 0.05) is 29.8 Å². The van der Waals surface area contributed by atoms with Gasteiger partial charge in [-0.2, -0.15) is 5.10 Å². The number of imidazole rings is 1. The van der Waals surface area contributed by atoms with Crippen LogP contribution in [0.5, 0.6) is 0 Å². The third kappa shape index (κ3) is 4.43. The summed E-state index contributed by atoms with van der Waals surface area (Å²) in [6.07, 6.45) is 6.33. The number of benzene rings is 2. The van der Waals surface area contributed by atoms with E-state index in [0.717, 1.165) is 41.0 Å². The predicted octanol–water partition coefficient (Wildman–Crippen LogP) is 4.23. The Morgan fingerprint density at radius 1 is 1.12 bits per heavy atom. The topological polar surface area (TPSA) is 72.9 Å². The van der Waals surface area contributed by atoms with Gasteiger partial charge in [0.1, 0.15) is 11.9 Å². The van der Waals surface area contributed by atoms with Crippen LogP contribution < -0.4 is 5.56 Å². The van der Waals surface area contributed by atoms with E-state index in [9.17, 15) is 14.3 Å². The van der Waals surface area contributed by atoms with Gasteiger partial charge in [-0.25, -0.2) is 14.1 Å². The number of nitrogens with zero attached hydrogens (tertiary/aromatic N) is 4. The molecule has 4 aromatic rings. The average molecular weight is 459 g/mol. The largest absolute Gasteiger partial charge is 0.394 e. The monoisotopic (exact) mass is 458 g/mol. The van der Waals surface area contributed by atoms with Crippen LogP contribution in [-0.4, -0.2) is 31.0 Å². The SMILES string of the molecule is Cc1cn(-c2ccc(Cc3cc(C4CC4)nn([C@@H](CO)c4ccc(F)cc4)c3=O)cc2C)cn1.